The smallest absolute Gasteiger partial charge is 0.239 e. The minimum absolute atomic E-state index is 0.0287. The van der Waals surface area contributed by atoms with E-state index in [4.69, 9.17) is 0 Å². The molecule has 0 spiro atoms. The van der Waals surface area contributed by atoms with E-state index in [0.717, 1.165) is 36.3 Å². The van der Waals surface area contributed by atoms with Crippen LogP contribution in [0.1, 0.15) is 24.5 Å². The summed E-state index contributed by atoms with van der Waals surface area (Å²) in [4.78, 5) is 11.7. The van der Waals surface area contributed by atoms with Gasteiger partial charge in [0.25, 0.3) is 0 Å². The van der Waals surface area contributed by atoms with Gasteiger partial charge in [-0.2, -0.15) is 0 Å². The fourth-order valence-electron chi connectivity index (χ4n) is 1.92. The van der Waals surface area contributed by atoms with E-state index in [1.165, 1.54) is 0 Å². The highest BCUT2D eigenvalue weighted by atomic mass is 16.1. The summed E-state index contributed by atoms with van der Waals surface area (Å²) in [5, 5.41) is 9.33. The monoisotopic (exact) mass is 263 g/mol. The molecule has 0 bridgehead atoms. The molecule has 4 heteroatoms. The van der Waals surface area contributed by atoms with Crippen LogP contribution in [0.5, 0.6) is 0 Å². The second-order valence-corrected chi connectivity index (χ2v) is 4.72. The molecule has 3 N–H and O–H groups in total. The Labute approximate surface area is 116 Å². The standard InChI is InChI=1S/C15H25N3O/c1-4-8-16-9-10-17-14(19)11-18-15-12(2)6-5-7-13(15)3/h5-7,16,18H,4,8-11H2,1-3H3,(H,17,19). The molecule has 0 atom stereocenters. The molecule has 0 saturated carbocycles. The van der Waals surface area contributed by atoms with E-state index in [9.17, 15) is 4.79 Å². The zero-order valence-electron chi connectivity index (χ0n) is 12.2. The molecule has 0 aliphatic carbocycles. The van der Waals surface area contributed by atoms with Crippen LogP contribution in [0.3, 0.4) is 0 Å². The lowest BCUT2D eigenvalue weighted by molar-refractivity contribution is -0.119. The average molecular weight is 263 g/mol. The SMILES string of the molecule is CCCNCCNC(=O)CNc1c(C)cccc1C. The van der Waals surface area contributed by atoms with Crippen molar-refractivity contribution in [1.29, 1.82) is 0 Å². The lowest BCUT2D eigenvalue weighted by Gasteiger charge is -2.12. The van der Waals surface area contributed by atoms with Gasteiger partial charge < -0.3 is 16.0 Å². The van der Waals surface area contributed by atoms with E-state index in [-0.39, 0.29) is 5.91 Å². The van der Waals surface area contributed by atoms with Crippen molar-refractivity contribution in [2.75, 3.05) is 31.5 Å². The predicted octanol–water partition coefficient (Wildman–Crippen LogP) is 1.83. The lowest BCUT2D eigenvalue weighted by atomic mass is 10.1. The molecule has 0 aliphatic rings. The maximum Gasteiger partial charge on any atom is 0.239 e. The van der Waals surface area contributed by atoms with Gasteiger partial charge >= 0.3 is 0 Å². The van der Waals surface area contributed by atoms with Gasteiger partial charge in [-0.25, -0.2) is 0 Å². The quantitative estimate of drug-likeness (QED) is 0.627. The van der Waals surface area contributed by atoms with Crippen LogP contribution in [-0.4, -0.2) is 32.1 Å². The number of aryl methyl sites for hydroxylation is 2. The van der Waals surface area contributed by atoms with Crippen LogP contribution in [-0.2, 0) is 4.79 Å². The van der Waals surface area contributed by atoms with Crippen molar-refractivity contribution in [3.05, 3.63) is 29.3 Å². The van der Waals surface area contributed by atoms with Gasteiger partial charge in [-0.1, -0.05) is 25.1 Å². The van der Waals surface area contributed by atoms with Gasteiger partial charge in [0.1, 0.15) is 0 Å². The first-order valence-electron chi connectivity index (χ1n) is 6.92. The van der Waals surface area contributed by atoms with Crippen molar-refractivity contribution in [2.24, 2.45) is 0 Å². The molecule has 1 amide bonds. The summed E-state index contributed by atoms with van der Waals surface area (Å²) in [5.74, 6) is 0.0287. The number of carbonyl (C=O) groups is 1. The predicted molar refractivity (Wildman–Crippen MR) is 80.6 cm³/mol. The third-order valence-electron chi connectivity index (χ3n) is 2.96. The Bertz CT molecular complexity index is 384. The molecule has 0 fully saturated rings. The lowest BCUT2D eigenvalue weighted by Crippen LogP contribution is -2.35. The van der Waals surface area contributed by atoms with Crippen LogP contribution in [0.25, 0.3) is 0 Å². The molecule has 106 valence electrons. The zero-order valence-corrected chi connectivity index (χ0v) is 12.2. The van der Waals surface area contributed by atoms with Gasteiger partial charge in [-0.3, -0.25) is 4.79 Å². The number of benzene rings is 1. The maximum atomic E-state index is 11.7. The molecule has 0 aliphatic heterocycles. The number of hydrogen-bond acceptors (Lipinski definition) is 3. The van der Waals surface area contributed by atoms with Gasteiger partial charge in [0, 0.05) is 18.8 Å². The largest absolute Gasteiger partial charge is 0.376 e. The minimum Gasteiger partial charge on any atom is -0.376 e. The molecule has 0 saturated heterocycles. The maximum absolute atomic E-state index is 11.7. The molecule has 0 heterocycles. The topological polar surface area (TPSA) is 53.2 Å². The van der Waals surface area contributed by atoms with Crippen LogP contribution in [0, 0.1) is 13.8 Å². The second-order valence-electron chi connectivity index (χ2n) is 4.72. The molecule has 1 aromatic rings. The number of anilines is 1. The van der Waals surface area contributed by atoms with E-state index in [0.29, 0.717) is 13.1 Å². The third-order valence-corrected chi connectivity index (χ3v) is 2.96. The van der Waals surface area contributed by atoms with E-state index in [1.54, 1.807) is 0 Å². The van der Waals surface area contributed by atoms with Gasteiger partial charge in [-0.15, -0.1) is 0 Å². The first-order valence-corrected chi connectivity index (χ1v) is 6.92. The Balaban J connectivity index is 2.26. The van der Waals surface area contributed by atoms with E-state index >= 15 is 0 Å². The number of para-hydroxylation sites is 1. The number of carbonyl (C=O) groups excluding carboxylic acids is 1. The van der Waals surface area contributed by atoms with Crippen LogP contribution >= 0.6 is 0 Å². The van der Waals surface area contributed by atoms with Gasteiger partial charge in [0.15, 0.2) is 0 Å². The Hall–Kier alpha value is -1.55. The Morgan fingerprint density at radius 1 is 1.11 bits per heavy atom. The Morgan fingerprint density at radius 3 is 2.42 bits per heavy atom. The Kier molecular flexibility index (Phi) is 6.97. The molecule has 0 unspecified atom stereocenters. The van der Waals surface area contributed by atoms with E-state index < -0.39 is 0 Å². The highest BCUT2D eigenvalue weighted by Crippen LogP contribution is 2.18. The molecular weight excluding hydrogens is 238 g/mol. The van der Waals surface area contributed by atoms with Gasteiger partial charge in [0.2, 0.25) is 5.91 Å². The summed E-state index contributed by atoms with van der Waals surface area (Å²) in [5.41, 5.74) is 3.39. The molecular formula is C15H25N3O. The molecule has 4 nitrogen and oxygen atoms in total. The minimum atomic E-state index is 0.0287. The van der Waals surface area contributed by atoms with Crippen LogP contribution in [0.15, 0.2) is 18.2 Å². The zero-order chi connectivity index (χ0) is 14.1. The van der Waals surface area contributed by atoms with Crippen molar-refractivity contribution in [3.8, 4) is 0 Å². The fraction of sp³-hybridized carbons (Fsp3) is 0.533. The highest BCUT2D eigenvalue weighted by molar-refractivity contribution is 5.81. The summed E-state index contributed by atoms with van der Waals surface area (Å²) in [6.07, 6.45) is 1.11. The summed E-state index contributed by atoms with van der Waals surface area (Å²) < 4.78 is 0. The first-order chi connectivity index (χ1) is 9.15. The molecule has 0 aromatic heterocycles. The van der Waals surface area contributed by atoms with E-state index in [2.05, 4.69) is 22.9 Å². The van der Waals surface area contributed by atoms with Crippen molar-refractivity contribution >= 4 is 11.6 Å². The van der Waals surface area contributed by atoms with E-state index in [1.807, 2.05) is 32.0 Å². The third kappa shape index (κ3) is 5.75. The molecule has 1 rings (SSSR count). The van der Waals surface area contributed by atoms with Crippen molar-refractivity contribution in [2.45, 2.75) is 27.2 Å². The number of rotatable bonds is 8. The average Bonchev–Trinajstić information content (AvgIpc) is 2.38. The molecule has 19 heavy (non-hydrogen) atoms. The normalized spacial score (nSPS) is 10.3. The summed E-state index contributed by atoms with van der Waals surface area (Å²) in [6.45, 7) is 9.02. The van der Waals surface area contributed by atoms with Gasteiger partial charge in [0.05, 0.1) is 6.54 Å². The summed E-state index contributed by atoms with van der Waals surface area (Å²) >= 11 is 0. The number of nitrogens with one attached hydrogen (secondary N) is 3. The molecule has 1 aromatic carbocycles. The van der Waals surface area contributed by atoms with Crippen molar-refractivity contribution < 1.29 is 4.79 Å². The number of amides is 1. The summed E-state index contributed by atoms with van der Waals surface area (Å²) in [7, 11) is 0. The number of hydrogen-bond donors (Lipinski definition) is 3. The van der Waals surface area contributed by atoms with Crippen molar-refractivity contribution in [1.82, 2.24) is 10.6 Å². The first kappa shape index (κ1) is 15.5. The van der Waals surface area contributed by atoms with Gasteiger partial charge in [-0.05, 0) is 37.9 Å². The van der Waals surface area contributed by atoms with Crippen LogP contribution < -0.4 is 16.0 Å². The van der Waals surface area contributed by atoms with Crippen LogP contribution in [0.4, 0.5) is 5.69 Å². The van der Waals surface area contributed by atoms with Crippen molar-refractivity contribution in [3.63, 3.8) is 0 Å². The molecule has 0 radical (unpaired) electrons. The fourth-order valence-corrected chi connectivity index (χ4v) is 1.92. The highest BCUT2D eigenvalue weighted by Gasteiger charge is 2.04. The summed E-state index contributed by atoms with van der Waals surface area (Å²) in [6, 6.07) is 6.11. The second kappa shape index (κ2) is 8.53. The Morgan fingerprint density at radius 2 is 1.79 bits per heavy atom. The van der Waals surface area contributed by atoms with Crippen LogP contribution in [0.2, 0.25) is 0 Å².